The van der Waals surface area contributed by atoms with Crippen molar-refractivity contribution in [2.75, 3.05) is 0 Å². The summed E-state index contributed by atoms with van der Waals surface area (Å²) in [5.41, 5.74) is 6.14. The second kappa shape index (κ2) is 10.4. The normalized spacial score (nSPS) is 17.4. The van der Waals surface area contributed by atoms with Gasteiger partial charge in [-0.15, -0.1) is 0 Å². The van der Waals surface area contributed by atoms with Crippen LogP contribution in [-0.4, -0.2) is 11.7 Å². The Hall–Kier alpha value is -5.94. The van der Waals surface area contributed by atoms with Crippen molar-refractivity contribution in [1.82, 2.24) is 5.32 Å². The Morgan fingerprint density at radius 1 is 0.600 bits per heavy atom. The summed E-state index contributed by atoms with van der Waals surface area (Å²) in [7, 11) is 0. The van der Waals surface area contributed by atoms with Gasteiger partial charge in [0, 0.05) is 10.9 Å². The van der Waals surface area contributed by atoms with E-state index in [1.165, 1.54) is 16.2 Å². The molecule has 3 heterocycles. The van der Waals surface area contributed by atoms with Crippen molar-refractivity contribution in [3.63, 3.8) is 0 Å². The highest BCUT2D eigenvalue weighted by molar-refractivity contribution is 6.14. The highest BCUT2D eigenvalue weighted by Gasteiger charge is 2.27. The van der Waals surface area contributed by atoms with E-state index in [0.717, 1.165) is 61.6 Å². The molecule has 1 aromatic heterocycles. The highest BCUT2D eigenvalue weighted by atomic mass is 16.3. The molecule has 45 heavy (non-hydrogen) atoms. The van der Waals surface area contributed by atoms with Crippen molar-refractivity contribution >= 4 is 50.3 Å². The number of rotatable bonds is 4. The topological polar surface area (TPSA) is 64.0 Å². The maximum absolute atomic E-state index is 6.47. The van der Waals surface area contributed by atoms with Crippen LogP contribution in [0.2, 0.25) is 0 Å². The number of fused-ring (bicyclic) bond motifs is 5. The predicted molar refractivity (Wildman–Crippen MR) is 185 cm³/mol. The summed E-state index contributed by atoms with van der Waals surface area (Å²) in [5, 5.41) is 14.3. The third-order valence-electron chi connectivity index (χ3n) is 8.71. The molecule has 0 radical (unpaired) electrons. The van der Waals surface area contributed by atoms with Gasteiger partial charge >= 0.3 is 0 Å². The average Bonchev–Trinajstić information content (AvgIpc) is 3.49. The van der Waals surface area contributed by atoms with Crippen LogP contribution in [0.1, 0.15) is 34.7 Å². The zero-order valence-corrected chi connectivity index (χ0v) is 24.3. The van der Waals surface area contributed by atoms with Gasteiger partial charge in [0.05, 0.1) is 5.84 Å². The molecule has 0 aliphatic carbocycles. The molecule has 2 aliphatic rings. The fraction of sp³-hybridized carbons (Fsp3) is 0.0500. The van der Waals surface area contributed by atoms with Gasteiger partial charge in [-0.2, -0.15) is 6.20 Å². The molecule has 0 spiro atoms. The fourth-order valence-corrected chi connectivity index (χ4v) is 6.44. The maximum Gasteiger partial charge on any atom is 0.169 e. The van der Waals surface area contributed by atoms with Crippen molar-refractivity contribution in [2.45, 2.75) is 12.2 Å². The number of furan rings is 1. The van der Waals surface area contributed by atoms with Crippen molar-refractivity contribution < 1.29 is 4.42 Å². The van der Waals surface area contributed by atoms with E-state index < -0.39 is 6.17 Å². The Kier molecular flexibility index (Phi) is 5.88. The average molecular weight is 580 g/mol. The first kappa shape index (κ1) is 25.5. The summed E-state index contributed by atoms with van der Waals surface area (Å²) >= 11 is 0. The largest absolute Gasteiger partial charge is 0.678 e. The molecule has 2 unspecified atom stereocenters. The van der Waals surface area contributed by atoms with E-state index in [1.54, 1.807) is 0 Å². The first-order chi connectivity index (χ1) is 22.3. The van der Waals surface area contributed by atoms with Gasteiger partial charge in [0.25, 0.3) is 0 Å². The summed E-state index contributed by atoms with van der Waals surface area (Å²) in [6.45, 7) is 0. The summed E-state index contributed by atoms with van der Waals surface area (Å²) in [6.07, 6.45) is 3.35. The predicted octanol–water partition coefficient (Wildman–Crippen LogP) is 9.95. The Bertz CT molecular complexity index is 2350. The van der Waals surface area contributed by atoms with Crippen LogP contribution >= 0.6 is 0 Å². The maximum atomic E-state index is 6.47. The van der Waals surface area contributed by atoms with E-state index >= 15 is 0 Å². The quantitative estimate of drug-likeness (QED) is 0.226. The van der Waals surface area contributed by atoms with Crippen LogP contribution < -0.4 is 5.32 Å². The summed E-state index contributed by atoms with van der Waals surface area (Å²) < 4.78 is 6.47. The molecule has 0 saturated heterocycles. The van der Waals surface area contributed by atoms with Gasteiger partial charge in [0.15, 0.2) is 6.17 Å². The van der Waals surface area contributed by atoms with Gasteiger partial charge in [0.2, 0.25) is 0 Å². The molecular formula is C40H27N4O-. The van der Waals surface area contributed by atoms with E-state index in [4.69, 9.17) is 19.7 Å². The zero-order chi connectivity index (χ0) is 29.7. The molecule has 6 aromatic carbocycles. The monoisotopic (exact) mass is 579 g/mol. The molecule has 0 saturated carbocycles. The van der Waals surface area contributed by atoms with Gasteiger partial charge in [-0.05, 0) is 74.1 Å². The Morgan fingerprint density at radius 2 is 1.29 bits per heavy atom. The fourth-order valence-electron chi connectivity index (χ4n) is 6.44. The van der Waals surface area contributed by atoms with Crippen molar-refractivity contribution in [3.05, 3.63) is 167 Å². The Balaban J connectivity index is 1.13. The number of hydrogen-bond acceptors (Lipinski definition) is 4. The van der Waals surface area contributed by atoms with E-state index in [0.29, 0.717) is 0 Å². The van der Waals surface area contributed by atoms with Crippen molar-refractivity contribution in [1.29, 1.82) is 0 Å². The molecule has 5 heteroatoms. The van der Waals surface area contributed by atoms with Gasteiger partial charge in [-0.1, -0.05) is 115 Å². The SMILES string of the molecule is C1=Cc2oc3cc(-c4ccc5ccccc5c4)ccc3c2C(C2=NC(c3ccc4ccccc4c3)N=C(c3ccccc3)N2)[N-]1. The first-order valence-corrected chi connectivity index (χ1v) is 15.2. The standard InChI is InChI=1S/C40H27N4O/c1-2-10-27(11-3-1)38-42-39(32-17-15-26-9-5-7-13-29(26)23-32)44-40(43-38)37-36-33-19-18-31(24-35(33)45-34(36)20-21-41-37)30-16-14-25-8-4-6-12-28(25)22-30/h1-24,37,39H,(H,42,43,44)/q-1. The van der Waals surface area contributed by atoms with Crippen LogP contribution in [0.5, 0.6) is 0 Å². The molecule has 2 atom stereocenters. The number of amidine groups is 2. The van der Waals surface area contributed by atoms with Crippen molar-refractivity contribution in [2.24, 2.45) is 9.98 Å². The summed E-state index contributed by atoms with van der Waals surface area (Å²) in [5.74, 6) is 2.32. The van der Waals surface area contributed by atoms with Gasteiger partial charge in [-0.3, -0.25) is 0 Å². The van der Waals surface area contributed by atoms with Crippen molar-refractivity contribution in [3.8, 4) is 11.1 Å². The third kappa shape index (κ3) is 4.48. The molecule has 7 aromatic rings. The lowest BCUT2D eigenvalue weighted by Gasteiger charge is -2.36. The highest BCUT2D eigenvalue weighted by Crippen LogP contribution is 2.42. The second-order valence-corrected chi connectivity index (χ2v) is 11.5. The molecule has 5 nitrogen and oxygen atoms in total. The van der Waals surface area contributed by atoms with Gasteiger partial charge in [-0.25, -0.2) is 9.98 Å². The van der Waals surface area contributed by atoms with Crippen LogP contribution in [0.25, 0.3) is 55.0 Å². The Labute approximate surface area is 260 Å². The lowest BCUT2D eigenvalue weighted by atomic mass is 9.96. The summed E-state index contributed by atoms with van der Waals surface area (Å²) in [6, 6.07) is 46.1. The minimum absolute atomic E-state index is 0.366. The smallest absolute Gasteiger partial charge is 0.169 e. The van der Waals surface area contributed by atoms with Crippen LogP contribution in [-0.2, 0) is 0 Å². The van der Waals surface area contributed by atoms with E-state index in [1.807, 2.05) is 30.5 Å². The minimum Gasteiger partial charge on any atom is -0.678 e. The van der Waals surface area contributed by atoms with E-state index in [2.05, 4.69) is 121 Å². The number of benzene rings is 6. The molecular weight excluding hydrogens is 552 g/mol. The van der Waals surface area contributed by atoms with Gasteiger partial charge in [0.1, 0.15) is 17.2 Å². The number of aliphatic imine (C=N–C) groups is 2. The molecule has 0 bridgehead atoms. The molecule has 1 N–H and O–H groups in total. The first-order valence-electron chi connectivity index (χ1n) is 15.2. The molecule has 2 aliphatic heterocycles. The number of nitrogens with one attached hydrogen (secondary N) is 1. The van der Waals surface area contributed by atoms with Gasteiger partial charge < -0.3 is 15.1 Å². The third-order valence-corrected chi connectivity index (χ3v) is 8.71. The molecule has 0 fully saturated rings. The van der Waals surface area contributed by atoms with E-state index in [9.17, 15) is 0 Å². The number of hydrogen-bond donors (Lipinski definition) is 1. The summed E-state index contributed by atoms with van der Waals surface area (Å²) in [4.78, 5) is 10.3. The molecule has 0 amide bonds. The molecule has 9 rings (SSSR count). The van der Waals surface area contributed by atoms with Crippen LogP contribution in [0.3, 0.4) is 0 Å². The zero-order valence-electron chi connectivity index (χ0n) is 24.3. The second-order valence-electron chi connectivity index (χ2n) is 11.5. The minimum atomic E-state index is -0.414. The number of nitrogens with zero attached hydrogens (tertiary/aromatic N) is 3. The Morgan fingerprint density at radius 3 is 2.11 bits per heavy atom. The molecule has 214 valence electrons. The lowest BCUT2D eigenvalue weighted by molar-refractivity contribution is 0.596. The lowest BCUT2D eigenvalue weighted by Crippen LogP contribution is -2.39. The van der Waals surface area contributed by atoms with Crippen LogP contribution in [0.4, 0.5) is 0 Å². The van der Waals surface area contributed by atoms with Crippen LogP contribution in [0.15, 0.2) is 154 Å². The van der Waals surface area contributed by atoms with E-state index in [-0.39, 0.29) is 6.04 Å². The van der Waals surface area contributed by atoms with Crippen LogP contribution in [0, 0.1) is 0 Å².